The number of hydrogen-bond acceptors (Lipinski definition) is 7. The lowest BCUT2D eigenvalue weighted by Crippen LogP contribution is -2.07. The van der Waals surface area contributed by atoms with Gasteiger partial charge in [0.2, 0.25) is 11.1 Å². The van der Waals surface area contributed by atoms with Crippen LogP contribution in [0.4, 0.5) is 5.69 Å². The van der Waals surface area contributed by atoms with E-state index >= 15 is 0 Å². The molecule has 0 atom stereocenters. The van der Waals surface area contributed by atoms with E-state index in [9.17, 15) is 4.79 Å². The molecule has 1 aliphatic carbocycles. The van der Waals surface area contributed by atoms with E-state index in [1.54, 1.807) is 12.1 Å². The number of nitriles is 1. The van der Waals surface area contributed by atoms with Gasteiger partial charge in [-0.25, -0.2) is 0 Å². The van der Waals surface area contributed by atoms with Crippen LogP contribution in [-0.4, -0.2) is 30.9 Å². The van der Waals surface area contributed by atoms with Crippen molar-refractivity contribution in [2.45, 2.75) is 35.9 Å². The maximum absolute atomic E-state index is 11.4. The van der Waals surface area contributed by atoms with E-state index < -0.39 is 0 Å². The van der Waals surface area contributed by atoms with Crippen LogP contribution in [-0.2, 0) is 4.79 Å². The second-order valence-electron chi connectivity index (χ2n) is 6.15. The first-order valence-electron chi connectivity index (χ1n) is 8.39. The number of amides is 1. The molecule has 2 heterocycles. The third-order valence-electron chi connectivity index (χ3n) is 3.98. The van der Waals surface area contributed by atoms with Gasteiger partial charge in [-0.15, -0.1) is 20.4 Å². The van der Waals surface area contributed by atoms with Gasteiger partial charge in [0.1, 0.15) is 16.9 Å². The van der Waals surface area contributed by atoms with E-state index in [2.05, 4.69) is 25.7 Å². The minimum Gasteiger partial charge on any atom is -0.326 e. The van der Waals surface area contributed by atoms with Crippen molar-refractivity contribution in [1.82, 2.24) is 25.0 Å². The molecule has 0 unspecified atom stereocenters. The molecular weight excluding hydrogens is 362 g/mol. The summed E-state index contributed by atoms with van der Waals surface area (Å²) < 4.78 is 1.99. The molecule has 0 radical (unpaired) electrons. The van der Waals surface area contributed by atoms with Crippen molar-refractivity contribution in [2.75, 3.05) is 5.32 Å². The van der Waals surface area contributed by atoms with Gasteiger partial charge < -0.3 is 5.32 Å². The minimum absolute atomic E-state index is 0.124. The summed E-state index contributed by atoms with van der Waals surface area (Å²) in [5, 5.41) is 29.6. The smallest absolute Gasteiger partial charge is 0.221 e. The average Bonchev–Trinajstić information content (AvgIpc) is 3.43. The number of anilines is 1. The molecule has 1 fully saturated rings. The first-order valence-corrected chi connectivity index (χ1v) is 9.20. The zero-order valence-corrected chi connectivity index (χ0v) is 15.3. The number of hydrogen-bond donors (Lipinski definition) is 1. The topological polar surface area (TPSA) is 109 Å². The molecule has 0 aliphatic heterocycles. The Morgan fingerprint density at radius 2 is 2.07 bits per heavy atom. The normalized spacial score (nSPS) is 13.2. The number of carbonyl (C=O) groups is 1. The molecule has 0 spiro atoms. The Balaban J connectivity index is 1.71. The second kappa shape index (κ2) is 7.17. The van der Waals surface area contributed by atoms with Gasteiger partial charge in [-0.3, -0.25) is 9.36 Å². The highest BCUT2D eigenvalue weighted by Crippen LogP contribution is 2.41. The second-order valence-corrected chi connectivity index (χ2v) is 7.14. The summed E-state index contributed by atoms with van der Waals surface area (Å²) in [7, 11) is 0. The molecule has 134 valence electrons. The number of carbonyl (C=O) groups excluding carboxylic acids is 1. The van der Waals surface area contributed by atoms with Crippen molar-refractivity contribution >= 4 is 23.4 Å². The number of rotatable bonds is 5. The summed E-state index contributed by atoms with van der Waals surface area (Å²) in [5.41, 5.74) is 1.85. The summed E-state index contributed by atoms with van der Waals surface area (Å²) in [6, 6.07) is 12.9. The molecule has 1 aromatic carbocycles. The molecule has 9 heteroatoms. The lowest BCUT2D eigenvalue weighted by atomic mass is 10.2. The van der Waals surface area contributed by atoms with E-state index in [4.69, 9.17) is 5.26 Å². The van der Waals surface area contributed by atoms with E-state index in [0.29, 0.717) is 21.8 Å². The van der Waals surface area contributed by atoms with E-state index in [1.807, 2.05) is 34.9 Å². The van der Waals surface area contributed by atoms with Crippen LogP contribution in [0.15, 0.2) is 46.6 Å². The Bertz CT molecular complexity index is 1030. The number of aromatic nitrogens is 5. The molecule has 4 rings (SSSR count). The zero-order chi connectivity index (χ0) is 18.8. The van der Waals surface area contributed by atoms with Crippen LogP contribution in [0.2, 0.25) is 0 Å². The minimum atomic E-state index is -0.124. The van der Waals surface area contributed by atoms with Crippen LogP contribution in [0.1, 0.15) is 37.2 Å². The van der Waals surface area contributed by atoms with E-state index in [-0.39, 0.29) is 11.6 Å². The molecule has 1 aliphatic rings. The highest BCUT2D eigenvalue weighted by molar-refractivity contribution is 7.99. The number of nitrogens with zero attached hydrogens (tertiary/aromatic N) is 6. The van der Waals surface area contributed by atoms with Crippen LogP contribution in [0, 0.1) is 11.3 Å². The number of nitrogens with one attached hydrogen (secondary N) is 1. The third kappa shape index (κ3) is 3.80. The fourth-order valence-corrected chi connectivity index (χ4v) is 3.43. The van der Waals surface area contributed by atoms with E-state index in [1.165, 1.54) is 18.7 Å². The van der Waals surface area contributed by atoms with Crippen molar-refractivity contribution < 1.29 is 4.79 Å². The highest BCUT2D eigenvalue weighted by atomic mass is 32.2. The summed E-state index contributed by atoms with van der Waals surface area (Å²) in [5.74, 6) is 1.17. The summed E-state index contributed by atoms with van der Waals surface area (Å²) in [6.45, 7) is 1.48. The van der Waals surface area contributed by atoms with Crippen molar-refractivity contribution in [3.8, 4) is 11.8 Å². The Hall–Kier alpha value is -3.25. The van der Waals surface area contributed by atoms with Crippen LogP contribution >= 0.6 is 11.8 Å². The molecule has 3 aromatic rings. The monoisotopic (exact) mass is 377 g/mol. The SMILES string of the molecule is CC(=O)Nc1cccc(-n2c(Sc3ccc(C#N)nn3)nnc2C2CC2)c1. The van der Waals surface area contributed by atoms with Gasteiger partial charge in [-0.1, -0.05) is 6.07 Å². The predicted octanol–water partition coefficient (Wildman–Crippen LogP) is 2.92. The van der Waals surface area contributed by atoms with Crippen LogP contribution in [0.5, 0.6) is 0 Å². The van der Waals surface area contributed by atoms with Crippen LogP contribution in [0.25, 0.3) is 5.69 Å². The Labute approximate surface area is 159 Å². The summed E-state index contributed by atoms with van der Waals surface area (Å²) in [4.78, 5) is 11.4. The van der Waals surface area contributed by atoms with Gasteiger partial charge in [0, 0.05) is 18.5 Å². The van der Waals surface area contributed by atoms with Crippen molar-refractivity contribution in [1.29, 1.82) is 5.26 Å². The quantitative estimate of drug-likeness (QED) is 0.728. The van der Waals surface area contributed by atoms with Gasteiger partial charge in [-0.2, -0.15) is 5.26 Å². The van der Waals surface area contributed by atoms with Crippen LogP contribution in [0.3, 0.4) is 0 Å². The van der Waals surface area contributed by atoms with Crippen molar-refractivity contribution in [3.05, 3.63) is 47.9 Å². The Morgan fingerprint density at radius 3 is 2.74 bits per heavy atom. The maximum Gasteiger partial charge on any atom is 0.221 e. The maximum atomic E-state index is 11.4. The average molecular weight is 377 g/mol. The van der Waals surface area contributed by atoms with E-state index in [0.717, 1.165) is 24.4 Å². The van der Waals surface area contributed by atoms with Gasteiger partial charge in [-0.05, 0) is 54.9 Å². The fraction of sp³-hybridized carbons (Fsp3) is 0.222. The lowest BCUT2D eigenvalue weighted by molar-refractivity contribution is -0.114. The van der Waals surface area contributed by atoms with Gasteiger partial charge in [0.25, 0.3) is 0 Å². The largest absolute Gasteiger partial charge is 0.326 e. The van der Waals surface area contributed by atoms with Crippen LogP contribution < -0.4 is 5.32 Å². The molecule has 1 N–H and O–H groups in total. The molecular formula is C18H15N7OS. The van der Waals surface area contributed by atoms with Crippen molar-refractivity contribution in [2.24, 2.45) is 0 Å². The highest BCUT2D eigenvalue weighted by Gasteiger charge is 2.31. The summed E-state index contributed by atoms with van der Waals surface area (Å²) in [6.07, 6.45) is 2.18. The zero-order valence-electron chi connectivity index (χ0n) is 14.5. The predicted molar refractivity (Wildman–Crippen MR) is 98.5 cm³/mol. The Kier molecular flexibility index (Phi) is 4.56. The standard InChI is InChI=1S/C18H15N7OS/c1-11(26)20-13-3-2-4-15(9-13)25-17(12-5-6-12)23-24-18(25)27-16-8-7-14(10-19)21-22-16/h2-4,7-9,12H,5-6H2,1H3,(H,20,26). The van der Waals surface area contributed by atoms with Gasteiger partial charge in [0.05, 0.1) is 5.69 Å². The lowest BCUT2D eigenvalue weighted by Gasteiger charge is -2.11. The molecule has 0 saturated heterocycles. The molecule has 8 nitrogen and oxygen atoms in total. The molecule has 0 bridgehead atoms. The number of benzene rings is 1. The van der Waals surface area contributed by atoms with Gasteiger partial charge >= 0.3 is 0 Å². The first kappa shape index (κ1) is 17.2. The van der Waals surface area contributed by atoms with Gasteiger partial charge in [0.15, 0.2) is 5.69 Å². The summed E-state index contributed by atoms with van der Waals surface area (Å²) >= 11 is 1.33. The molecule has 2 aromatic heterocycles. The first-order chi connectivity index (χ1) is 13.1. The Morgan fingerprint density at radius 1 is 1.22 bits per heavy atom. The molecule has 27 heavy (non-hydrogen) atoms. The fourth-order valence-electron chi connectivity index (χ4n) is 2.65. The van der Waals surface area contributed by atoms with Crippen molar-refractivity contribution in [3.63, 3.8) is 0 Å². The molecule has 1 amide bonds. The third-order valence-corrected chi connectivity index (χ3v) is 4.85. The molecule has 1 saturated carbocycles.